The molecule has 96 valence electrons. The molecular weight excluding hydrogens is 214 g/mol. The molecule has 0 aliphatic rings. The van der Waals surface area contributed by atoms with Crippen molar-refractivity contribution in [3.63, 3.8) is 0 Å². The minimum absolute atomic E-state index is 0.245. The van der Waals surface area contributed by atoms with E-state index < -0.39 is 0 Å². The monoisotopic (exact) mass is 237 g/mol. The molecule has 1 aromatic heterocycles. The molecular formula is C13H23N3O. The summed E-state index contributed by atoms with van der Waals surface area (Å²) in [5, 5.41) is 12.9. The Kier molecular flexibility index (Phi) is 4.87. The van der Waals surface area contributed by atoms with Crippen LogP contribution in [0, 0.1) is 12.8 Å². The summed E-state index contributed by atoms with van der Waals surface area (Å²) in [6.45, 7) is 10.6. The zero-order valence-electron chi connectivity index (χ0n) is 11.4. The van der Waals surface area contributed by atoms with Crippen LogP contribution in [0.4, 0.5) is 5.82 Å². The normalized spacial score (nSPS) is 13.2. The molecule has 1 rings (SSSR count). The summed E-state index contributed by atoms with van der Waals surface area (Å²) < 4.78 is 0. The van der Waals surface area contributed by atoms with Gasteiger partial charge in [-0.2, -0.15) is 0 Å². The predicted octanol–water partition coefficient (Wildman–Crippen LogP) is 2.34. The van der Waals surface area contributed by atoms with Crippen LogP contribution in [-0.4, -0.2) is 27.7 Å². The Bertz CT molecular complexity index is 364. The average Bonchev–Trinajstić information content (AvgIpc) is 2.24. The molecule has 1 heterocycles. The van der Waals surface area contributed by atoms with E-state index in [-0.39, 0.29) is 12.0 Å². The molecule has 1 unspecified atom stereocenters. The molecule has 4 nitrogen and oxygen atoms in total. The molecule has 4 heteroatoms. The second kappa shape index (κ2) is 5.96. The van der Waals surface area contributed by atoms with Crippen LogP contribution in [0.1, 0.15) is 45.1 Å². The summed E-state index contributed by atoms with van der Waals surface area (Å²) in [6.07, 6.45) is -0.354. The Morgan fingerprint density at radius 2 is 1.88 bits per heavy atom. The average molecular weight is 237 g/mol. The molecule has 0 radical (unpaired) electrons. The lowest BCUT2D eigenvalue weighted by atomic mass is 10.1. The van der Waals surface area contributed by atoms with Crippen LogP contribution in [0.5, 0.6) is 0 Å². The number of aliphatic hydroxyl groups is 1. The van der Waals surface area contributed by atoms with Gasteiger partial charge in [-0.25, -0.2) is 9.97 Å². The third kappa shape index (κ3) is 4.30. The molecule has 2 N–H and O–H groups in total. The number of aliphatic hydroxyl groups excluding tert-OH is 1. The minimum Gasteiger partial charge on any atom is -0.391 e. The lowest BCUT2D eigenvalue weighted by molar-refractivity contribution is 0.138. The largest absolute Gasteiger partial charge is 0.391 e. The van der Waals surface area contributed by atoms with Crippen LogP contribution in [0.2, 0.25) is 0 Å². The van der Waals surface area contributed by atoms with E-state index in [2.05, 4.69) is 29.1 Å². The standard InChI is InChI=1S/C13H23N3O/c1-8(2)11(17)7-14-12-6-10(5)15-13(16-12)9(3)4/h6,8-9,11,17H,7H2,1-5H3,(H,14,15,16). The van der Waals surface area contributed by atoms with Gasteiger partial charge in [0, 0.05) is 24.2 Å². The third-order valence-electron chi connectivity index (χ3n) is 2.65. The van der Waals surface area contributed by atoms with E-state index in [4.69, 9.17) is 0 Å². The zero-order chi connectivity index (χ0) is 13.0. The van der Waals surface area contributed by atoms with E-state index >= 15 is 0 Å². The summed E-state index contributed by atoms with van der Waals surface area (Å²) in [5.41, 5.74) is 0.949. The predicted molar refractivity (Wildman–Crippen MR) is 70.2 cm³/mol. The van der Waals surface area contributed by atoms with Crippen LogP contribution >= 0.6 is 0 Å². The lowest BCUT2D eigenvalue weighted by Crippen LogP contribution is -2.25. The molecule has 0 aliphatic carbocycles. The Labute approximate surface area is 103 Å². The number of hydrogen-bond acceptors (Lipinski definition) is 4. The van der Waals surface area contributed by atoms with Crippen molar-refractivity contribution >= 4 is 5.82 Å². The van der Waals surface area contributed by atoms with Gasteiger partial charge >= 0.3 is 0 Å². The summed E-state index contributed by atoms with van der Waals surface area (Å²) >= 11 is 0. The summed E-state index contributed by atoms with van der Waals surface area (Å²) in [7, 11) is 0. The topological polar surface area (TPSA) is 58.0 Å². The third-order valence-corrected chi connectivity index (χ3v) is 2.65. The van der Waals surface area contributed by atoms with Gasteiger partial charge in [0.1, 0.15) is 11.6 Å². The molecule has 0 aliphatic heterocycles. The number of anilines is 1. The summed E-state index contributed by atoms with van der Waals surface area (Å²) in [5.74, 6) is 2.19. The van der Waals surface area contributed by atoms with Crippen molar-refractivity contribution in [1.82, 2.24) is 9.97 Å². The van der Waals surface area contributed by atoms with Gasteiger partial charge in [0.2, 0.25) is 0 Å². The van der Waals surface area contributed by atoms with E-state index in [0.717, 1.165) is 17.3 Å². The molecule has 0 saturated carbocycles. The Hall–Kier alpha value is -1.16. The lowest BCUT2D eigenvalue weighted by Gasteiger charge is -2.16. The maximum Gasteiger partial charge on any atom is 0.133 e. The highest BCUT2D eigenvalue weighted by Gasteiger charge is 2.10. The van der Waals surface area contributed by atoms with Crippen molar-refractivity contribution in [3.8, 4) is 0 Å². The summed E-state index contributed by atoms with van der Waals surface area (Å²) in [6, 6.07) is 1.90. The second-order valence-corrected chi connectivity index (χ2v) is 5.10. The fraction of sp³-hybridized carbons (Fsp3) is 0.692. The maximum atomic E-state index is 9.73. The molecule has 0 amide bonds. The molecule has 1 aromatic rings. The molecule has 0 saturated heterocycles. The Balaban J connectivity index is 2.71. The Morgan fingerprint density at radius 3 is 2.41 bits per heavy atom. The van der Waals surface area contributed by atoms with Crippen molar-refractivity contribution in [2.45, 2.75) is 46.6 Å². The second-order valence-electron chi connectivity index (χ2n) is 5.10. The molecule has 1 atom stereocenters. The van der Waals surface area contributed by atoms with Gasteiger partial charge in [-0.05, 0) is 12.8 Å². The van der Waals surface area contributed by atoms with Crippen LogP contribution in [0.25, 0.3) is 0 Å². The van der Waals surface area contributed by atoms with Crippen LogP contribution in [-0.2, 0) is 0 Å². The van der Waals surface area contributed by atoms with Crippen molar-refractivity contribution in [1.29, 1.82) is 0 Å². The smallest absolute Gasteiger partial charge is 0.133 e. The zero-order valence-corrected chi connectivity index (χ0v) is 11.4. The number of hydrogen-bond donors (Lipinski definition) is 2. The van der Waals surface area contributed by atoms with Gasteiger partial charge in [-0.15, -0.1) is 0 Å². The molecule has 0 spiro atoms. The fourth-order valence-corrected chi connectivity index (χ4v) is 1.39. The van der Waals surface area contributed by atoms with Crippen LogP contribution in [0.15, 0.2) is 6.07 Å². The van der Waals surface area contributed by atoms with Crippen LogP contribution in [0.3, 0.4) is 0 Å². The molecule has 0 fully saturated rings. The van der Waals surface area contributed by atoms with E-state index in [0.29, 0.717) is 12.5 Å². The first kappa shape index (κ1) is 13.9. The van der Waals surface area contributed by atoms with Gasteiger partial charge in [0.15, 0.2) is 0 Å². The van der Waals surface area contributed by atoms with E-state index in [9.17, 15) is 5.11 Å². The van der Waals surface area contributed by atoms with Gasteiger partial charge in [0.05, 0.1) is 6.10 Å². The first-order valence-corrected chi connectivity index (χ1v) is 6.17. The van der Waals surface area contributed by atoms with Gasteiger partial charge in [0.25, 0.3) is 0 Å². The highest BCUT2D eigenvalue weighted by atomic mass is 16.3. The van der Waals surface area contributed by atoms with Crippen LogP contribution < -0.4 is 5.32 Å². The first-order valence-electron chi connectivity index (χ1n) is 6.17. The van der Waals surface area contributed by atoms with Crippen molar-refractivity contribution < 1.29 is 5.11 Å². The van der Waals surface area contributed by atoms with Gasteiger partial charge < -0.3 is 10.4 Å². The Morgan fingerprint density at radius 1 is 1.24 bits per heavy atom. The van der Waals surface area contributed by atoms with Crippen molar-refractivity contribution in [3.05, 3.63) is 17.6 Å². The fourth-order valence-electron chi connectivity index (χ4n) is 1.39. The van der Waals surface area contributed by atoms with Crippen molar-refractivity contribution in [2.75, 3.05) is 11.9 Å². The highest BCUT2D eigenvalue weighted by Crippen LogP contribution is 2.14. The molecule has 17 heavy (non-hydrogen) atoms. The van der Waals surface area contributed by atoms with E-state index in [1.54, 1.807) is 0 Å². The minimum atomic E-state index is -0.354. The maximum absolute atomic E-state index is 9.73. The first-order chi connectivity index (χ1) is 7.90. The summed E-state index contributed by atoms with van der Waals surface area (Å²) in [4.78, 5) is 8.81. The SMILES string of the molecule is Cc1cc(NCC(O)C(C)C)nc(C(C)C)n1. The highest BCUT2D eigenvalue weighted by molar-refractivity contribution is 5.36. The quantitative estimate of drug-likeness (QED) is 0.825. The van der Waals surface area contributed by atoms with Crippen molar-refractivity contribution in [2.24, 2.45) is 5.92 Å². The number of nitrogens with zero attached hydrogens (tertiary/aromatic N) is 2. The number of aromatic nitrogens is 2. The van der Waals surface area contributed by atoms with Gasteiger partial charge in [-0.3, -0.25) is 0 Å². The number of aryl methyl sites for hydroxylation is 1. The molecule has 0 bridgehead atoms. The van der Waals surface area contributed by atoms with E-state index in [1.807, 2.05) is 26.8 Å². The molecule has 0 aromatic carbocycles. The number of rotatable bonds is 5. The van der Waals surface area contributed by atoms with E-state index in [1.165, 1.54) is 0 Å². The van der Waals surface area contributed by atoms with Gasteiger partial charge in [-0.1, -0.05) is 27.7 Å². The number of nitrogens with one attached hydrogen (secondary N) is 1.